The van der Waals surface area contributed by atoms with E-state index in [9.17, 15) is 4.79 Å². The lowest BCUT2D eigenvalue weighted by Crippen LogP contribution is -2.38. The Labute approximate surface area is 120 Å². The van der Waals surface area contributed by atoms with Gasteiger partial charge in [0, 0.05) is 5.69 Å². The average molecular weight is 277 g/mol. The number of para-hydroxylation sites is 1. The molecule has 0 bridgehead atoms. The first-order valence-corrected chi connectivity index (χ1v) is 6.89. The van der Waals surface area contributed by atoms with Gasteiger partial charge in [-0.2, -0.15) is 0 Å². The Hall–Kier alpha value is -1.55. The van der Waals surface area contributed by atoms with Gasteiger partial charge in [-0.15, -0.1) is 0 Å². The number of hydrogen-bond donors (Lipinski definition) is 1. The standard InChI is InChI=1S/C16H23NO3/c1-15(2)10-13(16(3,4)20-15)17-12-9-7-6-8-11(12)14(18)19-5/h6-9,13,17H,10H2,1-5H3. The van der Waals surface area contributed by atoms with Gasteiger partial charge in [0.1, 0.15) is 0 Å². The molecule has 4 nitrogen and oxygen atoms in total. The molecule has 1 fully saturated rings. The van der Waals surface area contributed by atoms with Gasteiger partial charge in [-0.3, -0.25) is 0 Å². The number of rotatable bonds is 3. The minimum absolute atomic E-state index is 0.142. The summed E-state index contributed by atoms with van der Waals surface area (Å²) in [6, 6.07) is 7.54. The largest absolute Gasteiger partial charge is 0.465 e. The SMILES string of the molecule is COC(=O)c1ccccc1NC1CC(C)(C)OC1(C)C. The third-order valence-corrected chi connectivity index (χ3v) is 3.74. The minimum Gasteiger partial charge on any atom is -0.465 e. The van der Waals surface area contributed by atoms with Crippen molar-refractivity contribution in [2.45, 2.75) is 51.4 Å². The lowest BCUT2D eigenvalue weighted by molar-refractivity contribution is -0.0662. The van der Waals surface area contributed by atoms with Crippen LogP contribution in [0.4, 0.5) is 5.69 Å². The summed E-state index contributed by atoms with van der Waals surface area (Å²) in [5.74, 6) is -0.330. The summed E-state index contributed by atoms with van der Waals surface area (Å²) in [4.78, 5) is 11.8. The zero-order valence-corrected chi connectivity index (χ0v) is 12.8. The molecule has 1 N–H and O–H groups in total. The first kappa shape index (κ1) is 14.9. The number of methoxy groups -OCH3 is 1. The van der Waals surface area contributed by atoms with Crippen LogP contribution in [0.2, 0.25) is 0 Å². The van der Waals surface area contributed by atoms with Crippen molar-refractivity contribution in [2.75, 3.05) is 12.4 Å². The van der Waals surface area contributed by atoms with E-state index in [0.29, 0.717) is 5.56 Å². The summed E-state index contributed by atoms with van der Waals surface area (Å²) >= 11 is 0. The summed E-state index contributed by atoms with van der Waals surface area (Å²) in [5, 5.41) is 3.44. The molecule has 0 aromatic heterocycles. The monoisotopic (exact) mass is 277 g/mol. The van der Waals surface area contributed by atoms with Crippen molar-refractivity contribution in [2.24, 2.45) is 0 Å². The third kappa shape index (κ3) is 2.96. The molecule has 2 rings (SSSR count). The topological polar surface area (TPSA) is 47.6 Å². The van der Waals surface area contributed by atoms with Crippen molar-refractivity contribution >= 4 is 11.7 Å². The molecule has 0 spiro atoms. The smallest absolute Gasteiger partial charge is 0.339 e. The van der Waals surface area contributed by atoms with Crippen LogP contribution in [0.15, 0.2) is 24.3 Å². The van der Waals surface area contributed by atoms with Crippen molar-refractivity contribution in [3.8, 4) is 0 Å². The van der Waals surface area contributed by atoms with Gasteiger partial charge >= 0.3 is 5.97 Å². The Morgan fingerprint density at radius 2 is 1.95 bits per heavy atom. The van der Waals surface area contributed by atoms with Gasteiger partial charge in [0.15, 0.2) is 0 Å². The van der Waals surface area contributed by atoms with Crippen molar-refractivity contribution < 1.29 is 14.3 Å². The Balaban J connectivity index is 2.25. The van der Waals surface area contributed by atoms with E-state index in [4.69, 9.17) is 9.47 Å². The first-order valence-electron chi connectivity index (χ1n) is 6.89. The molecule has 0 aliphatic carbocycles. The average Bonchev–Trinajstić information content (AvgIpc) is 2.57. The zero-order valence-electron chi connectivity index (χ0n) is 12.8. The number of ether oxygens (including phenoxy) is 2. The van der Waals surface area contributed by atoms with Gasteiger partial charge in [0.2, 0.25) is 0 Å². The summed E-state index contributed by atoms with van der Waals surface area (Å²) in [7, 11) is 1.39. The van der Waals surface area contributed by atoms with Crippen molar-refractivity contribution in [1.82, 2.24) is 0 Å². The predicted molar refractivity (Wildman–Crippen MR) is 79.1 cm³/mol. The number of carbonyl (C=O) groups excluding carboxylic acids is 1. The molecule has 1 aromatic carbocycles. The molecular weight excluding hydrogens is 254 g/mol. The Morgan fingerprint density at radius 3 is 2.50 bits per heavy atom. The van der Waals surface area contributed by atoms with Gasteiger partial charge in [0.25, 0.3) is 0 Å². The van der Waals surface area contributed by atoms with Crippen LogP contribution in [0.25, 0.3) is 0 Å². The Kier molecular flexibility index (Phi) is 3.78. The number of carbonyl (C=O) groups is 1. The van der Waals surface area contributed by atoms with E-state index in [1.807, 2.05) is 18.2 Å². The number of anilines is 1. The van der Waals surface area contributed by atoms with E-state index in [2.05, 4.69) is 33.0 Å². The quantitative estimate of drug-likeness (QED) is 0.862. The van der Waals surface area contributed by atoms with Gasteiger partial charge < -0.3 is 14.8 Å². The Bertz CT molecular complexity index is 508. The van der Waals surface area contributed by atoms with E-state index in [1.54, 1.807) is 6.07 Å². The van der Waals surface area contributed by atoms with Crippen molar-refractivity contribution in [1.29, 1.82) is 0 Å². The summed E-state index contributed by atoms with van der Waals surface area (Å²) < 4.78 is 10.9. The van der Waals surface area contributed by atoms with Crippen LogP contribution in [0.1, 0.15) is 44.5 Å². The molecule has 4 heteroatoms. The van der Waals surface area contributed by atoms with Crippen LogP contribution in [-0.4, -0.2) is 30.3 Å². The van der Waals surface area contributed by atoms with Gasteiger partial charge in [-0.1, -0.05) is 12.1 Å². The number of nitrogens with one attached hydrogen (secondary N) is 1. The maximum atomic E-state index is 11.8. The molecule has 0 radical (unpaired) electrons. The molecule has 1 heterocycles. The summed E-state index contributed by atoms with van der Waals surface area (Å²) in [6.45, 7) is 8.31. The molecule has 20 heavy (non-hydrogen) atoms. The van der Waals surface area contributed by atoms with E-state index in [0.717, 1.165) is 12.1 Å². The number of hydrogen-bond acceptors (Lipinski definition) is 4. The van der Waals surface area contributed by atoms with E-state index >= 15 is 0 Å². The summed E-state index contributed by atoms with van der Waals surface area (Å²) in [5.41, 5.74) is 0.892. The number of esters is 1. The highest BCUT2D eigenvalue weighted by Crippen LogP contribution is 2.39. The molecule has 1 aromatic rings. The lowest BCUT2D eigenvalue weighted by atomic mass is 9.94. The van der Waals surface area contributed by atoms with Crippen LogP contribution in [-0.2, 0) is 9.47 Å². The molecule has 1 saturated heterocycles. The fraction of sp³-hybridized carbons (Fsp3) is 0.562. The second-order valence-electron chi connectivity index (χ2n) is 6.40. The van der Waals surface area contributed by atoms with E-state index in [-0.39, 0.29) is 23.2 Å². The molecule has 1 aliphatic rings. The fourth-order valence-electron chi connectivity index (χ4n) is 2.87. The Morgan fingerprint density at radius 1 is 1.30 bits per heavy atom. The zero-order chi connectivity index (χ0) is 15.0. The maximum Gasteiger partial charge on any atom is 0.339 e. The van der Waals surface area contributed by atoms with E-state index in [1.165, 1.54) is 7.11 Å². The molecule has 0 saturated carbocycles. The molecule has 1 unspecified atom stereocenters. The second kappa shape index (κ2) is 5.09. The highest BCUT2D eigenvalue weighted by Gasteiger charge is 2.46. The minimum atomic E-state index is -0.330. The first-order chi connectivity index (χ1) is 9.25. The molecule has 110 valence electrons. The fourth-order valence-corrected chi connectivity index (χ4v) is 2.87. The van der Waals surface area contributed by atoms with E-state index < -0.39 is 0 Å². The van der Waals surface area contributed by atoms with Crippen LogP contribution >= 0.6 is 0 Å². The van der Waals surface area contributed by atoms with Gasteiger partial charge in [-0.05, 0) is 46.2 Å². The van der Waals surface area contributed by atoms with Crippen LogP contribution in [0.5, 0.6) is 0 Å². The van der Waals surface area contributed by atoms with Crippen LogP contribution < -0.4 is 5.32 Å². The van der Waals surface area contributed by atoms with Crippen LogP contribution in [0, 0.1) is 0 Å². The molecular formula is C16H23NO3. The van der Waals surface area contributed by atoms with Crippen LogP contribution in [0.3, 0.4) is 0 Å². The molecule has 1 aliphatic heterocycles. The van der Waals surface area contributed by atoms with Gasteiger partial charge in [0.05, 0.1) is 29.9 Å². The predicted octanol–water partition coefficient (Wildman–Crippen LogP) is 3.23. The second-order valence-corrected chi connectivity index (χ2v) is 6.40. The molecule has 0 amide bonds. The molecule has 1 atom stereocenters. The normalized spacial score (nSPS) is 23.4. The van der Waals surface area contributed by atoms with Crippen molar-refractivity contribution in [3.63, 3.8) is 0 Å². The lowest BCUT2D eigenvalue weighted by Gasteiger charge is -2.28. The third-order valence-electron chi connectivity index (χ3n) is 3.74. The number of benzene rings is 1. The summed E-state index contributed by atoms with van der Waals surface area (Å²) in [6.07, 6.45) is 0.884. The van der Waals surface area contributed by atoms with Crippen molar-refractivity contribution in [3.05, 3.63) is 29.8 Å². The highest BCUT2D eigenvalue weighted by molar-refractivity contribution is 5.95. The van der Waals surface area contributed by atoms with Gasteiger partial charge in [-0.25, -0.2) is 4.79 Å². The highest BCUT2D eigenvalue weighted by atomic mass is 16.5. The maximum absolute atomic E-state index is 11.8.